The van der Waals surface area contributed by atoms with Crippen LogP contribution in [0.2, 0.25) is 0 Å². The van der Waals surface area contributed by atoms with E-state index in [1.54, 1.807) is 11.0 Å². The van der Waals surface area contributed by atoms with Gasteiger partial charge < -0.3 is 10.5 Å². The predicted molar refractivity (Wildman–Crippen MR) is 67.8 cm³/mol. The summed E-state index contributed by atoms with van der Waals surface area (Å²) in [6.07, 6.45) is 3.15. The summed E-state index contributed by atoms with van der Waals surface area (Å²) in [5.41, 5.74) is 6.34. The van der Waals surface area contributed by atoms with Crippen molar-refractivity contribution in [3.63, 3.8) is 0 Å². The number of rotatable bonds is 5. The molecule has 0 fully saturated rings. The SMILES string of the molecule is NC(=S)c1ccc(OCCn2cncn2)cc1. The van der Waals surface area contributed by atoms with E-state index in [9.17, 15) is 0 Å². The Hall–Kier alpha value is -1.95. The van der Waals surface area contributed by atoms with E-state index >= 15 is 0 Å². The zero-order valence-electron chi connectivity index (χ0n) is 9.11. The first-order chi connectivity index (χ1) is 8.25. The Kier molecular flexibility index (Phi) is 3.66. The highest BCUT2D eigenvalue weighted by Gasteiger charge is 1.98. The minimum absolute atomic E-state index is 0.388. The molecule has 0 atom stereocenters. The molecule has 2 rings (SSSR count). The number of nitrogens with zero attached hydrogens (tertiary/aromatic N) is 3. The third kappa shape index (κ3) is 3.25. The largest absolute Gasteiger partial charge is 0.492 e. The molecule has 0 aliphatic heterocycles. The Morgan fingerprint density at radius 1 is 1.35 bits per heavy atom. The van der Waals surface area contributed by atoms with Gasteiger partial charge in [-0.3, -0.25) is 0 Å². The van der Waals surface area contributed by atoms with Gasteiger partial charge in [0.25, 0.3) is 0 Å². The first-order valence-electron chi connectivity index (χ1n) is 5.11. The standard InChI is InChI=1S/C11H12N4OS/c12-11(17)9-1-3-10(4-2-9)16-6-5-15-8-13-7-14-15/h1-4,7-8H,5-6H2,(H2,12,17). The molecule has 1 heterocycles. The summed E-state index contributed by atoms with van der Waals surface area (Å²) in [5, 5.41) is 3.98. The number of benzene rings is 1. The summed E-state index contributed by atoms with van der Waals surface area (Å²) in [4.78, 5) is 4.24. The molecule has 0 saturated carbocycles. The molecule has 0 radical (unpaired) electrons. The highest BCUT2D eigenvalue weighted by molar-refractivity contribution is 7.80. The summed E-state index contributed by atoms with van der Waals surface area (Å²) in [5.74, 6) is 0.783. The Bertz CT molecular complexity index is 481. The lowest BCUT2D eigenvalue weighted by Crippen LogP contribution is -2.10. The molecule has 0 unspecified atom stereocenters. The van der Waals surface area contributed by atoms with Crippen LogP contribution in [0, 0.1) is 0 Å². The Morgan fingerprint density at radius 2 is 2.12 bits per heavy atom. The van der Waals surface area contributed by atoms with Crippen molar-refractivity contribution in [3.8, 4) is 5.75 Å². The van der Waals surface area contributed by atoms with Crippen molar-refractivity contribution < 1.29 is 4.74 Å². The lowest BCUT2D eigenvalue weighted by molar-refractivity contribution is 0.291. The molecular weight excluding hydrogens is 236 g/mol. The summed E-state index contributed by atoms with van der Waals surface area (Å²) >= 11 is 4.87. The van der Waals surface area contributed by atoms with Crippen LogP contribution in [-0.4, -0.2) is 26.4 Å². The van der Waals surface area contributed by atoms with Crippen LogP contribution in [0.25, 0.3) is 0 Å². The van der Waals surface area contributed by atoms with E-state index in [0.717, 1.165) is 11.3 Å². The maximum absolute atomic E-state index is 5.54. The number of aromatic nitrogens is 3. The molecule has 2 N–H and O–H groups in total. The Balaban J connectivity index is 1.85. The van der Waals surface area contributed by atoms with Gasteiger partial charge in [-0.05, 0) is 24.3 Å². The van der Waals surface area contributed by atoms with Crippen LogP contribution in [0.4, 0.5) is 0 Å². The maximum Gasteiger partial charge on any atom is 0.137 e. The van der Waals surface area contributed by atoms with Crippen molar-refractivity contribution in [2.45, 2.75) is 6.54 Å². The van der Waals surface area contributed by atoms with Gasteiger partial charge in [-0.1, -0.05) is 12.2 Å². The lowest BCUT2D eigenvalue weighted by Gasteiger charge is -2.06. The molecule has 5 nitrogen and oxygen atoms in total. The van der Waals surface area contributed by atoms with Crippen LogP contribution in [0.3, 0.4) is 0 Å². The molecule has 0 amide bonds. The lowest BCUT2D eigenvalue weighted by atomic mass is 10.2. The van der Waals surface area contributed by atoms with Crippen molar-refractivity contribution in [2.75, 3.05) is 6.61 Å². The minimum Gasteiger partial charge on any atom is -0.492 e. The quantitative estimate of drug-likeness (QED) is 0.799. The molecule has 2 aromatic rings. The van der Waals surface area contributed by atoms with Crippen molar-refractivity contribution in [3.05, 3.63) is 42.5 Å². The second kappa shape index (κ2) is 5.40. The van der Waals surface area contributed by atoms with Crippen LogP contribution < -0.4 is 10.5 Å². The zero-order chi connectivity index (χ0) is 12.1. The average Bonchev–Trinajstić information content (AvgIpc) is 2.83. The first kappa shape index (κ1) is 11.5. The second-order valence-corrected chi connectivity index (χ2v) is 3.84. The van der Waals surface area contributed by atoms with E-state index in [1.165, 1.54) is 6.33 Å². The summed E-state index contributed by atoms with van der Waals surface area (Å²) < 4.78 is 7.25. The number of nitrogens with two attached hydrogens (primary N) is 1. The molecule has 1 aromatic carbocycles. The maximum atomic E-state index is 5.54. The van der Waals surface area contributed by atoms with E-state index in [-0.39, 0.29) is 0 Å². The third-order valence-corrected chi connectivity index (χ3v) is 2.43. The molecule has 17 heavy (non-hydrogen) atoms. The normalized spacial score (nSPS) is 10.1. The van der Waals surface area contributed by atoms with Crippen molar-refractivity contribution in [1.29, 1.82) is 0 Å². The molecule has 0 aliphatic rings. The van der Waals surface area contributed by atoms with Gasteiger partial charge in [0.15, 0.2) is 0 Å². The molecule has 6 heteroatoms. The van der Waals surface area contributed by atoms with E-state index < -0.39 is 0 Å². The van der Waals surface area contributed by atoms with Crippen LogP contribution in [0.5, 0.6) is 5.75 Å². The van der Waals surface area contributed by atoms with Crippen molar-refractivity contribution >= 4 is 17.2 Å². The van der Waals surface area contributed by atoms with Gasteiger partial charge in [0, 0.05) is 5.56 Å². The van der Waals surface area contributed by atoms with Crippen molar-refractivity contribution in [1.82, 2.24) is 14.8 Å². The number of thiocarbonyl (C=S) groups is 1. The monoisotopic (exact) mass is 248 g/mol. The molecule has 0 bridgehead atoms. The number of hydrogen-bond acceptors (Lipinski definition) is 4. The topological polar surface area (TPSA) is 66.0 Å². The first-order valence-corrected chi connectivity index (χ1v) is 5.51. The molecule has 1 aromatic heterocycles. The van der Waals surface area contributed by atoms with Gasteiger partial charge in [0.1, 0.15) is 30.0 Å². The summed E-state index contributed by atoms with van der Waals surface area (Å²) in [6, 6.07) is 7.37. The van der Waals surface area contributed by atoms with Gasteiger partial charge in [-0.25, -0.2) is 9.67 Å². The fourth-order valence-corrected chi connectivity index (χ4v) is 1.46. The van der Waals surface area contributed by atoms with Crippen LogP contribution in [0.15, 0.2) is 36.9 Å². The highest BCUT2D eigenvalue weighted by Crippen LogP contribution is 2.11. The van der Waals surface area contributed by atoms with Gasteiger partial charge in [-0.15, -0.1) is 0 Å². The molecule has 88 valence electrons. The van der Waals surface area contributed by atoms with Gasteiger partial charge in [-0.2, -0.15) is 5.10 Å². The van der Waals surface area contributed by atoms with E-state index in [2.05, 4.69) is 10.1 Å². The van der Waals surface area contributed by atoms with E-state index in [1.807, 2.05) is 24.3 Å². The Morgan fingerprint density at radius 3 is 2.71 bits per heavy atom. The van der Waals surface area contributed by atoms with Crippen LogP contribution in [0.1, 0.15) is 5.56 Å². The van der Waals surface area contributed by atoms with Gasteiger partial charge in [0.05, 0.1) is 6.54 Å². The van der Waals surface area contributed by atoms with Crippen LogP contribution in [-0.2, 0) is 6.54 Å². The summed E-state index contributed by atoms with van der Waals surface area (Å²) in [7, 11) is 0. The molecular formula is C11H12N4OS. The predicted octanol–water partition coefficient (Wildman–Crippen LogP) is 0.991. The number of hydrogen-bond donors (Lipinski definition) is 1. The second-order valence-electron chi connectivity index (χ2n) is 3.40. The van der Waals surface area contributed by atoms with E-state index in [0.29, 0.717) is 18.1 Å². The number of ether oxygens (including phenoxy) is 1. The van der Waals surface area contributed by atoms with Crippen molar-refractivity contribution in [2.24, 2.45) is 5.73 Å². The highest BCUT2D eigenvalue weighted by atomic mass is 32.1. The molecule has 0 aliphatic carbocycles. The van der Waals surface area contributed by atoms with Gasteiger partial charge >= 0.3 is 0 Å². The zero-order valence-corrected chi connectivity index (χ0v) is 9.93. The fourth-order valence-electron chi connectivity index (χ4n) is 1.32. The third-order valence-electron chi connectivity index (χ3n) is 2.19. The average molecular weight is 248 g/mol. The molecule has 0 spiro atoms. The van der Waals surface area contributed by atoms with E-state index in [4.69, 9.17) is 22.7 Å². The smallest absolute Gasteiger partial charge is 0.137 e. The minimum atomic E-state index is 0.388. The van der Waals surface area contributed by atoms with Gasteiger partial charge in [0.2, 0.25) is 0 Å². The summed E-state index contributed by atoms with van der Waals surface area (Å²) in [6.45, 7) is 1.20. The van der Waals surface area contributed by atoms with Crippen LogP contribution >= 0.6 is 12.2 Å². The fraction of sp³-hybridized carbons (Fsp3) is 0.182. The Labute approximate surface area is 104 Å². The molecule has 0 saturated heterocycles.